The molecule has 7 nitrogen and oxygen atoms in total. The Labute approximate surface area is 114 Å². The van der Waals surface area contributed by atoms with Crippen LogP contribution in [0.25, 0.3) is 0 Å². The molecule has 1 aromatic heterocycles. The van der Waals surface area contributed by atoms with Crippen LogP contribution in [0.3, 0.4) is 0 Å². The second-order valence-corrected chi connectivity index (χ2v) is 6.80. The van der Waals surface area contributed by atoms with Crippen LogP contribution < -0.4 is 5.73 Å². The van der Waals surface area contributed by atoms with Gasteiger partial charge in [0.2, 0.25) is 15.9 Å². The van der Waals surface area contributed by atoms with Crippen molar-refractivity contribution in [2.45, 2.75) is 24.8 Å². The van der Waals surface area contributed by atoms with Crippen LogP contribution in [0.4, 0.5) is 0 Å². The number of sulfonamides is 1. The minimum Gasteiger partial charge on any atom is -0.477 e. The number of thiophene rings is 1. The number of carboxylic acid groups (broad SMARTS) is 1. The number of nitrogens with two attached hydrogens (primary N) is 1. The van der Waals surface area contributed by atoms with E-state index in [1.807, 2.05) is 0 Å². The summed E-state index contributed by atoms with van der Waals surface area (Å²) >= 11 is 0.811. The fraction of sp³-hybridized carbons (Fsp3) is 0.400. The lowest BCUT2D eigenvalue weighted by molar-refractivity contribution is -0.118. The summed E-state index contributed by atoms with van der Waals surface area (Å²) < 4.78 is 25.6. The second kappa shape index (κ2) is 5.68. The summed E-state index contributed by atoms with van der Waals surface area (Å²) in [5.74, 6) is -2.12. The maximum Gasteiger partial charge on any atom is 0.347 e. The molecule has 19 heavy (non-hydrogen) atoms. The van der Waals surface area contributed by atoms with Crippen LogP contribution in [-0.2, 0) is 14.8 Å². The Kier molecular flexibility index (Phi) is 4.66. The number of amides is 1. The van der Waals surface area contributed by atoms with Crippen molar-refractivity contribution in [3.05, 3.63) is 16.3 Å². The number of carbonyl (C=O) groups excluding carboxylic acids is 1. The van der Waals surface area contributed by atoms with E-state index in [9.17, 15) is 18.0 Å². The first-order valence-electron chi connectivity index (χ1n) is 5.29. The molecule has 0 aromatic carbocycles. The molecule has 0 aliphatic rings. The zero-order valence-corrected chi connectivity index (χ0v) is 12.0. The number of rotatable bonds is 6. The van der Waals surface area contributed by atoms with E-state index >= 15 is 0 Å². The van der Waals surface area contributed by atoms with Gasteiger partial charge in [-0.3, -0.25) is 4.79 Å². The van der Waals surface area contributed by atoms with Gasteiger partial charge in [-0.15, -0.1) is 11.3 Å². The molecule has 0 bridgehead atoms. The van der Waals surface area contributed by atoms with Crippen molar-refractivity contribution in [2.75, 3.05) is 6.54 Å². The SMILES string of the molecule is CC(C)N(CC(N)=O)S(=O)(=O)c1ccsc1C(=O)O. The highest BCUT2D eigenvalue weighted by Gasteiger charge is 2.32. The summed E-state index contributed by atoms with van der Waals surface area (Å²) in [4.78, 5) is 21.3. The number of carboxylic acids is 1. The highest BCUT2D eigenvalue weighted by Crippen LogP contribution is 2.26. The van der Waals surface area contributed by atoms with Gasteiger partial charge in [-0.25, -0.2) is 13.2 Å². The van der Waals surface area contributed by atoms with E-state index in [1.54, 1.807) is 13.8 Å². The van der Waals surface area contributed by atoms with Gasteiger partial charge in [0.1, 0.15) is 9.77 Å². The maximum absolute atomic E-state index is 12.4. The van der Waals surface area contributed by atoms with Gasteiger partial charge in [-0.1, -0.05) is 0 Å². The highest BCUT2D eigenvalue weighted by molar-refractivity contribution is 7.89. The van der Waals surface area contributed by atoms with Gasteiger partial charge in [0.25, 0.3) is 0 Å². The molecule has 0 atom stereocenters. The topological polar surface area (TPSA) is 118 Å². The molecular weight excluding hydrogens is 292 g/mol. The molecule has 0 radical (unpaired) electrons. The first-order valence-corrected chi connectivity index (χ1v) is 7.60. The molecule has 9 heteroatoms. The van der Waals surface area contributed by atoms with E-state index < -0.39 is 34.5 Å². The van der Waals surface area contributed by atoms with Gasteiger partial charge >= 0.3 is 5.97 Å². The number of hydrogen-bond donors (Lipinski definition) is 2. The fourth-order valence-electron chi connectivity index (χ4n) is 1.48. The van der Waals surface area contributed by atoms with E-state index in [1.165, 1.54) is 11.4 Å². The lowest BCUT2D eigenvalue weighted by atomic mass is 10.4. The lowest BCUT2D eigenvalue weighted by Crippen LogP contribution is -2.42. The molecule has 1 heterocycles. The minimum absolute atomic E-state index is 0.282. The average molecular weight is 306 g/mol. The highest BCUT2D eigenvalue weighted by atomic mass is 32.2. The molecule has 0 spiro atoms. The molecule has 106 valence electrons. The van der Waals surface area contributed by atoms with E-state index in [-0.39, 0.29) is 9.77 Å². The third-order valence-electron chi connectivity index (χ3n) is 2.30. The zero-order valence-electron chi connectivity index (χ0n) is 10.4. The number of aromatic carboxylic acids is 1. The van der Waals surface area contributed by atoms with Crippen LogP contribution in [0.1, 0.15) is 23.5 Å². The molecule has 0 aliphatic carbocycles. The third kappa shape index (κ3) is 3.31. The maximum atomic E-state index is 12.4. The summed E-state index contributed by atoms with van der Waals surface area (Å²) in [7, 11) is -4.07. The quantitative estimate of drug-likeness (QED) is 0.785. The molecule has 1 rings (SSSR count). The predicted molar refractivity (Wildman–Crippen MR) is 69.5 cm³/mol. The Bertz CT molecular complexity index is 591. The van der Waals surface area contributed by atoms with Crippen molar-refractivity contribution in [3.63, 3.8) is 0 Å². The average Bonchev–Trinajstić information content (AvgIpc) is 2.74. The number of hydrogen-bond acceptors (Lipinski definition) is 5. The molecule has 0 saturated carbocycles. The van der Waals surface area contributed by atoms with Crippen molar-refractivity contribution < 1.29 is 23.1 Å². The third-order valence-corrected chi connectivity index (χ3v) is 5.39. The van der Waals surface area contributed by atoms with Crippen molar-refractivity contribution in [1.29, 1.82) is 0 Å². The first-order chi connectivity index (χ1) is 8.67. The Morgan fingerprint density at radius 2 is 2.05 bits per heavy atom. The van der Waals surface area contributed by atoms with Gasteiger partial charge < -0.3 is 10.8 Å². The van der Waals surface area contributed by atoms with Crippen molar-refractivity contribution >= 4 is 33.2 Å². The largest absolute Gasteiger partial charge is 0.477 e. The summed E-state index contributed by atoms with van der Waals surface area (Å²) in [5, 5.41) is 10.3. The summed E-state index contributed by atoms with van der Waals surface area (Å²) in [6.45, 7) is 2.66. The smallest absolute Gasteiger partial charge is 0.347 e. The number of carbonyl (C=O) groups is 2. The first kappa shape index (κ1) is 15.6. The van der Waals surface area contributed by atoms with Gasteiger partial charge in [0.15, 0.2) is 0 Å². The Morgan fingerprint density at radius 1 is 1.47 bits per heavy atom. The Balaban J connectivity index is 3.31. The van der Waals surface area contributed by atoms with Crippen LogP contribution in [0.15, 0.2) is 16.3 Å². The van der Waals surface area contributed by atoms with Crippen molar-refractivity contribution in [3.8, 4) is 0 Å². The van der Waals surface area contributed by atoms with Crippen LogP contribution in [0, 0.1) is 0 Å². The van der Waals surface area contributed by atoms with E-state index in [4.69, 9.17) is 10.8 Å². The standard InChI is InChI=1S/C10H14N2O5S2/c1-6(2)12(5-8(11)13)19(16,17)7-3-4-18-9(7)10(14)15/h3-4,6H,5H2,1-2H3,(H2,11,13)(H,14,15). The molecule has 0 saturated heterocycles. The molecule has 0 unspecified atom stereocenters. The summed E-state index contributed by atoms with van der Waals surface area (Å²) in [6.07, 6.45) is 0. The monoisotopic (exact) mass is 306 g/mol. The van der Waals surface area contributed by atoms with Crippen LogP contribution >= 0.6 is 11.3 Å². The normalized spacial score (nSPS) is 12.0. The molecular formula is C10H14N2O5S2. The van der Waals surface area contributed by atoms with E-state index in [0.717, 1.165) is 15.6 Å². The summed E-state index contributed by atoms with van der Waals surface area (Å²) in [5.41, 5.74) is 5.02. The minimum atomic E-state index is -4.07. The lowest BCUT2D eigenvalue weighted by Gasteiger charge is -2.24. The molecule has 3 N–H and O–H groups in total. The van der Waals surface area contributed by atoms with Crippen LogP contribution in [0.2, 0.25) is 0 Å². The Hall–Kier alpha value is -1.45. The predicted octanol–water partition coefficient (Wildman–Crippen LogP) is 0.331. The zero-order chi connectivity index (χ0) is 14.8. The van der Waals surface area contributed by atoms with Crippen LogP contribution in [-0.4, -0.2) is 42.3 Å². The number of primary amides is 1. The van der Waals surface area contributed by atoms with Crippen molar-refractivity contribution in [2.24, 2.45) is 5.73 Å². The van der Waals surface area contributed by atoms with Crippen LogP contribution in [0.5, 0.6) is 0 Å². The second-order valence-electron chi connectivity index (χ2n) is 4.03. The van der Waals surface area contributed by atoms with Crippen molar-refractivity contribution in [1.82, 2.24) is 4.31 Å². The van der Waals surface area contributed by atoms with Gasteiger partial charge in [-0.2, -0.15) is 4.31 Å². The van der Waals surface area contributed by atoms with E-state index in [2.05, 4.69) is 0 Å². The molecule has 1 aromatic rings. The number of nitrogens with zero attached hydrogens (tertiary/aromatic N) is 1. The Morgan fingerprint density at radius 3 is 2.47 bits per heavy atom. The molecule has 0 aliphatic heterocycles. The van der Waals surface area contributed by atoms with Gasteiger partial charge in [-0.05, 0) is 25.3 Å². The molecule has 0 fully saturated rings. The molecule has 1 amide bonds. The van der Waals surface area contributed by atoms with Gasteiger partial charge in [0.05, 0.1) is 6.54 Å². The van der Waals surface area contributed by atoms with Gasteiger partial charge in [0, 0.05) is 6.04 Å². The fourth-order valence-corrected chi connectivity index (χ4v) is 4.32. The van der Waals surface area contributed by atoms with E-state index in [0.29, 0.717) is 0 Å². The summed E-state index contributed by atoms with van der Waals surface area (Å²) in [6, 6.07) is 0.693.